The molecule has 0 spiro atoms. The highest BCUT2D eigenvalue weighted by Gasteiger charge is 2.36. The maximum absolute atomic E-state index is 13.2. The smallest absolute Gasteiger partial charge is 0.323 e. The van der Waals surface area contributed by atoms with E-state index in [-0.39, 0.29) is 11.8 Å². The first-order valence-corrected chi connectivity index (χ1v) is 7.12. The molecule has 1 aliphatic heterocycles. The number of methoxy groups -OCH3 is 1. The summed E-state index contributed by atoms with van der Waals surface area (Å²) in [5.41, 5.74) is 1.47. The van der Waals surface area contributed by atoms with E-state index in [9.17, 15) is 14.3 Å². The summed E-state index contributed by atoms with van der Waals surface area (Å²) in [6.07, 6.45) is -0.176. The molecule has 116 valence electrons. The second kappa shape index (κ2) is 5.98. The van der Waals surface area contributed by atoms with Gasteiger partial charge in [0.1, 0.15) is 11.9 Å². The molecule has 1 saturated heterocycles. The fourth-order valence-corrected chi connectivity index (χ4v) is 2.87. The third-order valence-electron chi connectivity index (χ3n) is 3.93. The van der Waals surface area contributed by atoms with E-state index in [2.05, 4.69) is 4.98 Å². The van der Waals surface area contributed by atoms with Crippen LogP contribution in [0.15, 0.2) is 30.3 Å². The van der Waals surface area contributed by atoms with Gasteiger partial charge in [0.15, 0.2) is 0 Å². The fraction of sp³-hybridized carbons (Fsp3) is 0.375. The maximum atomic E-state index is 13.2. The number of β-amino-alcohol motifs (C(OH)–C–C–N with tert-alkyl or cyclic N) is 1. The third kappa shape index (κ3) is 2.93. The number of hydrogen-bond acceptors (Lipinski definition) is 5. The second-order valence-electron chi connectivity index (χ2n) is 5.50. The molecule has 22 heavy (non-hydrogen) atoms. The molecule has 1 N–H and O–H groups in total. The first-order chi connectivity index (χ1) is 10.6. The van der Waals surface area contributed by atoms with Crippen LogP contribution in [0.3, 0.4) is 0 Å². The van der Waals surface area contributed by atoms with Crippen molar-refractivity contribution < 1.29 is 19.0 Å². The largest absolute Gasteiger partial charge is 0.468 e. The van der Waals surface area contributed by atoms with Gasteiger partial charge in [0.25, 0.3) is 0 Å². The molecule has 0 saturated carbocycles. The maximum Gasteiger partial charge on any atom is 0.323 e. The Kier molecular flexibility index (Phi) is 4.04. The first kappa shape index (κ1) is 14.9. The van der Waals surface area contributed by atoms with E-state index in [0.717, 1.165) is 11.1 Å². The van der Waals surface area contributed by atoms with Crippen LogP contribution in [-0.4, -0.2) is 46.8 Å². The van der Waals surface area contributed by atoms with Gasteiger partial charge in [0, 0.05) is 24.9 Å². The number of aliphatic hydroxyl groups is 1. The van der Waals surface area contributed by atoms with E-state index in [1.165, 1.54) is 19.2 Å². The highest BCUT2D eigenvalue weighted by atomic mass is 19.1. The number of aromatic nitrogens is 1. The van der Waals surface area contributed by atoms with Gasteiger partial charge in [-0.2, -0.15) is 0 Å². The monoisotopic (exact) mass is 304 g/mol. The summed E-state index contributed by atoms with van der Waals surface area (Å²) < 4.78 is 18.0. The quantitative estimate of drug-likeness (QED) is 0.870. The minimum atomic E-state index is -0.543. The Balaban J connectivity index is 1.82. The molecule has 1 aliphatic rings. The minimum Gasteiger partial charge on any atom is -0.468 e. The van der Waals surface area contributed by atoms with Crippen LogP contribution in [0.5, 0.6) is 0 Å². The van der Waals surface area contributed by atoms with Crippen LogP contribution in [0.25, 0.3) is 10.9 Å². The number of likely N-dealkylation sites (tertiary alicyclic amines) is 1. The van der Waals surface area contributed by atoms with E-state index >= 15 is 0 Å². The minimum absolute atomic E-state index is 0.296. The van der Waals surface area contributed by atoms with Crippen LogP contribution in [-0.2, 0) is 16.1 Å². The lowest BCUT2D eigenvalue weighted by molar-refractivity contribution is -0.146. The molecule has 2 atom stereocenters. The van der Waals surface area contributed by atoms with Gasteiger partial charge in [0.05, 0.1) is 24.4 Å². The molecule has 5 nitrogen and oxygen atoms in total. The molecule has 0 radical (unpaired) electrons. The van der Waals surface area contributed by atoms with Crippen LogP contribution in [0.4, 0.5) is 4.39 Å². The van der Waals surface area contributed by atoms with E-state index in [4.69, 9.17) is 4.74 Å². The predicted octanol–water partition coefficient (Wildman–Crippen LogP) is 1.48. The lowest BCUT2D eigenvalue weighted by Gasteiger charge is -2.21. The van der Waals surface area contributed by atoms with Crippen molar-refractivity contribution >= 4 is 16.9 Å². The van der Waals surface area contributed by atoms with Gasteiger partial charge in [-0.25, -0.2) is 4.39 Å². The molecular weight excluding hydrogens is 287 g/mol. The van der Waals surface area contributed by atoms with Crippen molar-refractivity contribution in [1.82, 2.24) is 9.88 Å². The summed E-state index contributed by atoms with van der Waals surface area (Å²) in [6, 6.07) is 7.59. The molecular formula is C16H17FN2O3. The summed E-state index contributed by atoms with van der Waals surface area (Å²) in [6.45, 7) is 0.840. The van der Waals surface area contributed by atoms with Crippen molar-refractivity contribution in [3.8, 4) is 0 Å². The summed E-state index contributed by atoms with van der Waals surface area (Å²) in [7, 11) is 1.34. The number of esters is 1. The molecule has 2 heterocycles. The Bertz CT molecular complexity index is 707. The molecule has 1 aromatic carbocycles. The van der Waals surface area contributed by atoms with Gasteiger partial charge in [0.2, 0.25) is 0 Å². The van der Waals surface area contributed by atoms with Crippen LogP contribution >= 0.6 is 0 Å². The van der Waals surface area contributed by atoms with Crippen LogP contribution < -0.4 is 0 Å². The van der Waals surface area contributed by atoms with E-state index in [1.54, 1.807) is 18.2 Å². The van der Waals surface area contributed by atoms with Gasteiger partial charge in [-0.05, 0) is 24.3 Å². The summed E-state index contributed by atoms with van der Waals surface area (Å²) in [4.78, 5) is 18.1. The fourth-order valence-electron chi connectivity index (χ4n) is 2.87. The van der Waals surface area contributed by atoms with Gasteiger partial charge >= 0.3 is 5.97 Å². The number of benzene rings is 1. The SMILES string of the molecule is COC(=O)[C@@H]1C[C@@H](O)CN1Cc1ccc2cc(F)ccc2n1. The molecule has 0 bridgehead atoms. The van der Waals surface area contributed by atoms with Crippen molar-refractivity contribution in [2.45, 2.75) is 25.1 Å². The lowest BCUT2D eigenvalue weighted by Crippen LogP contribution is -2.36. The first-order valence-electron chi connectivity index (χ1n) is 7.12. The third-order valence-corrected chi connectivity index (χ3v) is 3.93. The molecule has 1 fully saturated rings. The molecule has 6 heteroatoms. The number of carbonyl (C=O) groups excluding carboxylic acids is 1. The van der Waals surface area contributed by atoms with Crippen molar-refractivity contribution in [2.75, 3.05) is 13.7 Å². The number of pyridine rings is 1. The number of carbonyl (C=O) groups is 1. The Hall–Kier alpha value is -2.05. The average molecular weight is 304 g/mol. The van der Waals surface area contributed by atoms with Gasteiger partial charge in [-0.15, -0.1) is 0 Å². The Morgan fingerprint density at radius 1 is 1.45 bits per heavy atom. The normalized spacial score (nSPS) is 22.1. The molecule has 2 aromatic rings. The van der Waals surface area contributed by atoms with E-state index in [0.29, 0.717) is 25.0 Å². The standard InChI is InChI=1S/C16H17FN2O3/c1-22-16(21)15-7-13(20)9-19(15)8-12-4-2-10-6-11(17)3-5-14(10)18-12/h2-6,13,15,20H,7-9H2,1H3/t13-,15+/m1/s1. The zero-order valence-corrected chi connectivity index (χ0v) is 12.2. The van der Waals surface area contributed by atoms with Crippen LogP contribution in [0.2, 0.25) is 0 Å². The highest BCUT2D eigenvalue weighted by molar-refractivity contribution is 5.78. The average Bonchev–Trinajstić information content (AvgIpc) is 2.87. The highest BCUT2D eigenvalue weighted by Crippen LogP contribution is 2.22. The number of nitrogens with zero attached hydrogens (tertiary/aromatic N) is 2. The van der Waals surface area contributed by atoms with E-state index in [1.807, 2.05) is 4.90 Å². The van der Waals surface area contributed by atoms with Crippen LogP contribution in [0, 0.1) is 5.82 Å². The van der Waals surface area contributed by atoms with Crippen molar-refractivity contribution in [3.63, 3.8) is 0 Å². The number of fused-ring (bicyclic) bond motifs is 1. The predicted molar refractivity (Wildman–Crippen MR) is 78.5 cm³/mol. The molecule has 0 amide bonds. The zero-order chi connectivity index (χ0) is 15.7. The van der Waals surface area contributed by atoms with Gasteiger partial charge in [-0.3, -0.25) is 14.7 Å². The Morgan fingerprint density at radius 3 is 3.05 bits per heavy atom. The number of halogens is 1. The number of aliphatic hydroxyl groups excluding tert-OH is 1. The Labute approximate surface area is 127 Å². The second-order valence-corrected chi connectivity index (χ2v) is 5.50. The molecule has 1 aromatic heterocycles. The van der Waals surface area contributed by atoms with Crippen molar-refractivity contribution in [2.24, 2.45) is 0 Å². The summed E-state index contributed by atoms with van der Waals surface area (Å²) in [5.74, 6) is -0.644. The Morgan fingerprint density at radius 2 is 2.27 bits per heavy atom. The van der Waals surface area contributed by atoms with E-state index < -0.39 is 12.1 Å². The van der Waals surface area contributed by atoms with Crippen LogP contribution in [0.1, 0.15) is 12.1 Å². The zero-order valence-electron chi connectivity index (χ0n) is 12.2. The number of hydrogen-bond donors (Lipinski definition) is 1. The van der Waals surface area contributed by atoms with Gasteiger partial charge in [-0.1, -0.05) is 6.07 Å². The van der Waals surface area contributed by atoms with Crippen molar-refractivity contribution in [1.29, 1.82) is 0 Å². The molecule has 0 unspecified atom stereocenters. The lowest BCUT2D eigenvalue weighted by atomic mass is 10.2. The molecule has 3 rings (SSSR count). The number of rotatable bonds is 3. The summed E-state index contributed by atoms with van der Waals surface area (Å²) >= 11 is 0. The summed E-state index contributed by atoms with van der Waals surface area (Å²) in [5, 5.41) is 10.5. The topological polar surface area (TPSA) is 62.7 Å². The number of ether oxygens (including phenoxy) is 1. The van der Waals surface area contributed by atoms with Crippen molar-refractivity contribution in [3.05, 3.63) is 41.8 Å². The van der Waals surface area contributed by atoms with Gasteiger partial charge < -0.3 is 9.84 Å². The molecule has 0 aliphatic carbocycles.